The molecule has 0 heterocycles. The zero-order valence-electron chi connectivity index (χ0n) is 9.07. The summed E-state index contributed by atoms with van der Waals surface area (Å²) in [6.45, 7) is 0. The second-order valence-electron chi connectivity index (χ2n) is 2.13. The highest BCUT2D eigenvalue weighted by atomic mass is 79.9. The average Bonchev–Trinajstić information content (AvgIpc) is 2.19. The first-order valence-corrected chi connectivity index (χ1v) is 11.2. The Hall–Kier alpha value is 2.13. The maximum Gasteiger partial charge on any atom is 0.324 e. The Morgan fingerprint density at radius 3 is 1.29 bits per heavy atom. The van der Waals surface area contributed by atoms with Crippen LogP contribution >= 0.6 is 79.8 Å². The minimum Gasteiger partial charge on any atom is -0.344 e. The molecule has 0 aromatic carbocycles. The van der Waals surface area contributed by atoms with Gasteiger partial charge in [0.1, 0.15) is 0 Å². The van der Waals surface area contributed by atoms with Crippen LogP contribution in [0.2, 0.25) is 0 Å². The fraction of sp³-hybridized carbons (Fsp3) is 1.00. The van der Waals surface area contributed by atoms with Crippen LogP contribution in [0.25, 0.3) is 0 Å². The molecular weight excluding hydrogens is 532 g/mol. The largest absolute Gasteiger partial charge is 0.344 e. The van der Waals surface area contributed by atoms with Gasteiger partial charge in [0.05, 0.1) is 0 Å². The van der Waals surface area contributed by atoms with Gasteiger partial charge in [-0.3, -0.25) is 4.57 Å². The molecule has 0 unspecified atom stereocenters. The number of hydrogen-bond donors (Lipinski definition) is 3. The molecule has 0 saturated carbocycles. The normalized spacial score (nSPS) is 9.29. The van der Waals surface area contributed by atoms with Crippen molar-refractivity contribution < 1.29 is 18.9 Å². The summed E-state index contributed by atoms with van der Waals surface area (Å²) in [6.07, 6.45) is 0.747. The number of rotatable bonds is 5. The van der Waals surface area contributed by atoms with Crippen LogP contribution in [0.3, 0.4) is 0 Å². The van der Waals surface area contributed by atoms with Crippen LogP contribution < -0.4 is 6.15 Å². The van der Waals surface area contributed by atoms with Crippen LogP contribution in [0.1, 0.15) is 0 Å². The van der Waals surface area contributed by atoms with E-state index in [1.54, 1.807) is 0 Å². The van der Waals surface area contributed by atoms with Crippen molar-refractivity contribution in [3.8, 4) is 0 Å². The van der Waals surface area contributed by atoms with Gasteiger partial charge < -0.3 is 15.9 Å². The fourth-order valence-electron chi connectivity index (χ4n) is 0.376. The lowest BCUT2D eigenvalue weighted by Crippen LogP contribution is -1.95. The highest BCUT2D eigenvalue weighted by Gasteiger charge is 2.14. The Balaban J connectivity index is -0.0000000893. The van der Waals surface area contributed by atoms with Gasteiger partial charge in [-0.15, -0.1) is 0 Å². The summed E-state index contributed by atoms with van der Waals surface area (Å²) in [5.41, 5.74) is 0. The molecule has 108 valence electrons. The number of halogens is 4. The first kappa shape index (κ1) is 27.5. The molecule has 5 nitrogen and oxygen atoms in total. The molecule has 0 fully saturated rings. The molecule has 0 saturated heterocycles. The molecule has 17 heavy (non-hydrogen) atoms. The van der Waals surface area contributed by atoms with Crippen LogP contribution in [-0.4, -0.2) is 43.4 Å². The molecule has 0 aromatic heterocycles. The minimum atomic E-state index is -2.79. The van der Waals surface area contributed by atoms with Crippen molar-refractivity contribution in [3.05, 3.63) is 0 Å². The van der Waals surface area contributed by atoms with Crippen molar-refractivity contribution in [1.82, 2.24) is 6.15 Å². The number of hydrogen-bond acceptors (Lipinski definition) is 3. The summed E-state index contributed by atoms with van der Waals surface area (Å²) in [5, 5.41) is 3.31. The summed E-state index contributed by atoms with van der Waals surface area (Å²) in [4.78, 5) is 16.0. The van der Waals surface area contributed by atoms with E-state index in [2.05, 4.69) is 63.7 Å². The van der Waals surface area contributed by atoms with Gasteiger partial charge in [-0.2, -0.15) is 0 Å². The van der Waals surface area contributed by atoms with Crippen molar-refractivity contribution in [2.75, 3.05) is 33.6 Å². The first-order chi connectivity index (χ1) is 7.45. The van der Waals surface area contributed by atoms with E-state index in [0.29, 0.717) is 23.0 Å². The topological polar surface area (TPSA) is 110 Å². The van der Waals surface area contributed by atoms with E-state index >= 15 is 0 Å². The van der Waals surface area contributed by atoms with Crippen LogP contribution in [0.15, 0.2) is 0 Å². The van der Waals surface area contributed by atoms with E-state index < -0.39 is 16.1 Å². The summed E-state index contributed by atoms with van der Waals surface area (Å²) in [6, 6.07) is 0. The third kappa shape index (κ3) is 38.1. The Labute approximate surface area is 137 Å². The minimum absolute atomic E-state index is 0. The van der Waals surface area contributed by atoms with Crippen LogP contribution in [0, 0.1) is 0 Å². The van der Waals surface area contributed by atoms with Gasteiger partial charge >= 0.3 is 8.69 Å². The quantitative estimate of drug-likeness (QED) is 0.353. The molecule has 0 bridgehead atoms. The zero-order valence-corrected chi connectivity index (χ0v) is 17.2. The third-order valence-corrected chi connectivity index (χ3v) is 6.66. The molecule has 5 N–H and O–H groups in total. The Morgan fingerprint density at radius 2 is 1.18 bits per heavy atom. The van der Waals surface area contributed by atoms with Crippen molar-refractivity contribution in [3.63, 3.8) is 0 Å². The van der Waals surface area contributed by atoms with E-state index in [1.807, 2.05) is 0 Å². The number of alkyl halides is 4. The van der Waals surface area contributed by atoms with E-state index in [0.717, 1.165) is 10.7 Å². The molecule has 11 heteroatoms. The first-order valence-electron chi connectivity index (χ1n) is 3.97. The molecule has 0 aliphatic rings. The zero-order chi connectivity index (χ0) is 13.4. The van der Waals surface area contributed by atoms with Gasteiger partial charge in [0.25, 0.3) is 0 Å². The van der Waals surface area contributed by atoms with Gasteiger partial charge in [0.2, 0.25) is 7.37 Å². The van der Waals surface area contributed by atoms with Gasteiger partial charge in [0.15, 0.2) is 0 Å². The second-order valence-corrected chi connectivity index (χ2v) is 8.05. The molecule has 0 spiro atoms. The Morgan fingerprint density at radius 1 is 0.941 bits per heavy atom. The summed E-state index contributed by atoms with van der Waals surface area (Å²) >= 11 is 12.6. The van der Waals surface area contributed by atoms with Gasteiger partial charge in [-0.1, -0.05) is 63.7 Å². The van der Waals surface area contributed by atoms with E-state index in [1.165, 1.54) is 0 Å². The lowest BCUT2D eigenvalue weighted by molar-refractivity contribution is 0.481. The lowest BCUT2D eigenvalue weighted by atomic mass is 11.0. The Bertz CT molecular complexity index is 177. The molecule has 0 aliphatic heterocycles. The molecule has 0 atom stereocenters. The van der Waals surface area contributed by atoms with Crippen molar-refractivity contribution in [2.24, 2.45) is 0 Å². The second kappa shape index (κ2) is 23.2. The fourth-order valence-corrected chi connectivity index (χ4v) is 4.45. The molecule has 0 aromatic rings. The predicted molar refractivity (Wildman–Crippen MR) is 89.6 cm³/mol. The van der Waals surface area contributed by atoms with E-state index in [4.69, 9.17) is 14.4 Å². The van der Waals surface area contributed by atoms with Crippen LogP contribution in [-0.2, 0) is 9.13 Å². The molecule has 0 aliphatic carbocycles. The standard InChI is InChI=1S/C4H9Br2O2P.C2H4Br2.H3N.HO2P/c5-1-3-9(7,8)4-2-6;3-1-2-4;;1-3-2/h1-4H2,(H,7,8);1-2H2;1H3;(H,1,2). The smallest absolute Gasteiger partial charge is 0.324 e. The SMILES string of the molecule is BrCCBr.N.O=P(O)(CCBr)CCBr.O=PO. The maximum atomic E-state index is 10.9. The lowest BCUT2D eigenvalue weighted by Gasteiger charge is -2.05. The monoisotopic (exact) mass is 545 g/mol. The van der Waals surface area contributed by atoms with Crippen molar-refractivity contribution >= 4 is 79.8 Å². The molecule has 0 radical (unpaired) electrons. The maximum absolute atomic E-state index is 10.9. The van der Waals surface area contributed by atoms with Crippen LogP contribution in [0.4, 0.5) is 0 Å². The van der Waals surface area contributed by atoms with Crippen molar-refractivity contribution in [1.29, 1.82) is 0 Å². The highest BCUT2D eigenvalue weighted by molar-refractivity contribution is 9.12. The van der Waals surface area contributed by atoms with Gasteiger partial charge in [0, 0.05) is 33.6 Å². The summed E-state index contributed by atoms with van der Waals surface area (Å²) in [5.74, 6) is 0. The summed E-state index contributed by atoms with van der Waals surface area (Å²) in [7, 11) is -3.62. The predicted octanol–water partition coefficient (Wildman–Crippen LogP) is 4.17. The molecule has 0 amide bonds. The van der Waals surface area contributed by atoms with Crippen LogP contribution in [0.5, 0.6) is 0 Å². The average molecular weight is 549 g/mol. The van der Waals surface area contributed by atoms with Gasteiger partial charge in [-0.25, -0.2) is 4.57 Å². The highest BCUT2D eigenvalue weighted by Crippen LogP contribution is 2.40. The third-order valence-electron chi connectivity index (χ3n) is 0.939. The van der Waals surface area contributed by atoms with E-state index in [9.17, 15) is 4.57 Å². The Kier molecular flexibility index (Phi) is 37.6. The van der Waals surface area contributed by atoms with E-state index in [-0.39, 0.29) is 6.15 Å². The molecular formula is C6H17Br4NO4P2. The summed E-state index contributed by atoms with van der Waals surface area (Å²) < 4.78 is 19.4. The van der Waals surface area contributed by atoms with Gasteiger partial charge in [-0.05, 0) is 0 Å². The van der Waals surface area contributed by atoms with Crippen molar-refractivity contribution in [2.45, 2.75) is 0 Å². The molecule has 0 rings (SSSR count).